The molecule has 2 amide bonds. The van der Waals surface area contributed by atoms with Gasteiger partial charge in [0.1, 0.15) is 17.1 Å². The van der Waals surface area contributed by atoms with Gasteiger partial charge in [0.2, 0.25) is 0 Å². The molecule has 166 valence electrons. The zero-order valence-corrected chi connectivity index (χ0v) is 21.8. The molecule has 0 saturated carbocycles. The van der Waals surface area contributed by atoms with E-state index in [1.54, 1.807) is 12.2 Å². The van der Waals surface area contributed by atoms with E-state index in [1.807, 2.05) is 12.3 Å². The molecule has 2 atom stereocenters. The summed E-state index contributed by atoms with van der Waals surface area (Å²) in [4.78, 5) is 42.1. The van der Waals surface area contributed by atoms with Crippen LogP contribution in [0.25, 0.3) is 6.08 Å². The van der Waals surface area contributed by atoms with Crippen LogP contribution in [0, 0.1) is 6.92 Å². The molecule has 2 aliphatic rings. The Kier molecular flexibility index (Phi) is 7.97. The van der Waals surface area contributed by atoms with E-state index in [0.29, 0.717) is 11.3 Å². The minimum atomic E-state index is -1.48. The van der Waals surface area contributed by atoms with Gasteiger partial charge in [-0.1, -0.05) is 17.3 Å². The van der Waals surface area contributed by atoms with Crippen LogP contribution in [0.1, 0.15) is 17.0 Å². The molecule has 0 bridgehead atoms. The molecule has 0 radical (unpaired) electrons. The number of nitrogens with two attached hydrogens (primary N) is 1. The summed E-state index contributed by atoms with van der Waals surface area (Å²) >= 11 is 3.64. The van der Waals surface area contributed by atoms with E-state index < -0.39 is 34.9 Å². The van der Waals surface area contributed by atoms with Crippen molar-refractivity contribution in [2.45, 2.75) is 18.3 Å². The second-order valence-corrected chi connectivity index (χ2v) is 9.35. The first kappa shape index (κ1) is 25.4. The van der Waals surface area contributed by atoms with Crippen molar-refractivity contribution >= 4 is 69.3 Å². The Morgan fingerprint density at radius 3 is 2.73 bits per heavy atom. The molecule has 0 unspecified atom stereocenters. The zero-order chi connectivity index (χ0) is 23.0. The van der Waals surface area contributed by atoms with Crippen LogP contribution < -0.4 is 45.7 Å². The number of aliphatic carboxylic acids is 1. The number of oxime groups is 1. The summed E-state index contributed by atoms with van der Waals surface area (Å²) < 4.78 is 4.16. The van der Waals surface area contributed by atoms with Crippen molar-refractivity contribution in [2.75, 3.05) is 11.5 Å². The maximum Gasteiger partial charge on any atom is 1.00 e. The molecule has 0 aliphatic carbocycles. The molecule has 0 aromatic carbocycles. The molecule has 4 heterocycles. The number of nitrogens with zero attached hydrogens (tertiary/aromatic N) is 4. The van der Waals surface area contributed by atoms with Crippen LogP contribution in [0.15, 0.2) is 33.3 Å². The topological polar surface area (TPSA) is 174 Å². The molecule has 11 nitrogen and oxygen atoms in total. The van der Waals surface area contributed by atoms with Gasteiger partial charge in [-0.25, -0.2) is 4.98 Å². The first-order valence-electron chi connectivity index (χ1n) is 9.04. The minimum absolute atomic E-state index is 0. The first-order valence-corrected chi connectivity index (χ1v) is 11.8. The van der Waals surface area contributed by atoms with E-state index in [1.165, 1.54) is 28.7 Å². The molecular weight excluding hydrogens is 499 g/mol. The SMILES string of the molecule is Cc1nscc1/C=C/C1=C(C(=O)[O-])N2C(=O)[C@@H](NC(=O)/C(=N\O)c3csc(N)n3)[C@H]2SC1.[Na+]. The number of carbonyl (C=O) groups excluding carboxylic acids is 3. The summed E-state index contributed by atoms with van der Waals surface area (Å²) in [5.74, 6) is -2.63. The van der Waals surface area contributed by atoms with Crippen LogP contribution in [-0.2, 0) is 14.4 Å². The number of allylic oxidation sites excluding steroid dienone is 1. The number of hydrogen-bond donors (Lipinski definition) is 3. The summed E-state index contributed by atoms with van der Waals surface area (Å²) in [6.07, 6.45) is 3.37. The van der Waals surface area contributed by atoms with E-state index in [2.05, 4.69) is 19.8 Å². The number of amides is 2. The number of carbonyl (C=O) groups is 3. The van der Waals surface area contributed by atoms with Gasteiger partial charge in [-0.15, -0.1) is 23.1 Å². The van der Waals surface area contributed by atoms with E-state index >= 15 is 0 Å². The molecule has 1 fully saturated rings. The Hall–Kier alpha value is -2.23. The van der Waals surface area contributed by atoms with Crippen LogP contribution in [0.5, 0.6) is 0 Å². The Labute approximate surface area is 221 Å². The molecular formula is C18H15N6NaO5S3. The second-order valence-electron chi connectivity index (χ2n) is 6.73. The van der Waals surface area contributed by atoms with Crippen LogP contribution in [0.2, 0.25) is 0 Å². The number of carboxylic acid groups (broad SMARTS) is 1. The number of hydrogen-bond acceptors (Lipinski definition) is 12. The Balaban J connectivity index is 0.00000306. The van der Waals surface area contributed by atoms with Gasteiger partial charge < -0.3 is 26.2 Å². The average molecular weight is 515 g/mol. The molecule has 33 heavy (non-hydrogen) atoms. The maximum atomic E-state index is 12.7. The van der Waals surface area contributed by atoms with Crippen molar-refractivity contribution in [2.24, 2.45) is 5.16 Å². The maximum absolute atomic E-state index is 12.7. The van der Waals surface area contributed by atoms with Gasteiger partial charge in [-0.05, 0) is 24.0 Å². The van der Waals surface area contributed by atoms with Gasteiger partial charge in [-0.3, -0.25) is 14.5 Å². The molecule has 2 aromatic rings. The number of rotatable bonds is 6. The van der Waals surface area contributed by atoms with E-state index in [-0.39, 0.29) is 46.1 Å². The number of aryl methyl sites for hydroxylation is 1. The predicted molar refractivity (Wildman–Crippen MR) is 118 cm³/mol. The van der Waals surface area contributed by atoms with E-state index in [9.17, 15) is 24.7 Å². The van der Waals surface area contributed by atoms with Gasteiger partial charge in [0, 0.05) is 22.1 Å². The number of β-lactam (4-membered cyclic amide) rings is 1. The number of fused-ring (bicyclic) bond motifs is 1. The van der Waals surface area contributed by atoms with Crippen molar-refractivity contribution < 1.29 is 54.3 Å². The molecule has 2 aliphatic heterocycles. The number of thioether (sulfide) groups is 1. The Morgan fingerprint density at radius 1 is 1.39 bits per heavy atom. The van der Waals surface area contributed by atoms with E-state index in [0.717, 1.165) is 27.5 Å². The molecule has 4 rings (SSSR count). The fourth-order valence-electron chi connectivity index (χ4n) is 3.23. The molecule has 4 N–H and O–H groups in total. The zero-order valence-electron chi connectivity index (χ0n) is 17.3. The number of thiazole rings is 1. The van der Waals surface area contributed by atoms with Gasteiger partial charge in [0.25, 0.3) is 11.8 Å². The summed E-state index contributed by atoms with van der Waals surface area (Å²) in [5.41, 5.74) is 7.06. The average Bonchev–Trinajstić information content (AvgIpc) is 3.37. The second kappa shape index (κ2) is 10.4. The third kappa shape index (κ3) is 4.85. The van der Waals surface area contributed by atoms with Crippen LogP contribution >= 0.6 is 34.6 Å². The number of aromatic nitrogens is 2. The third-order valence-electron chi connectivity index (χ3n) is 4.81. The third-order valence-corrected chi connectivity index (χ3v) is 7.52. The number of nitrogen functional groups attached to an aromatic ring is 1. The number of carboxylic acids is 1. The van der Waals surface area contributed by atoms with Gasteiger partial charge in [0.05, 0.1) is 17.4 Å². The van der Waals surface area contributed by atoms with Gasteiger partial charge in [-0.2, -0.15) is 4.37 Å². The number of anilines is 1. The Morgan fingerprint density at radius 2 is 2.15 bits per heavy atom. The van der Waals surface area contributed by atoms with E-state index in [4.69, 9.17) is 5.73 Å². The Bertz CT molecular complexity index is 1210. The van der Waals surface area contributed by atoms with Crippen LogP contribution in [0.4, 0.5) is 5.13 Å². The minimum Gasteiger partial charge on any atom is -0.543 e. The van der Waals surface area contributed by atoms with Crippen molar-refractivity contribution in [3.63, 3.8) is 0 Å². The number of nitrogens with one attached hydrogen (secondary N) is 1. The summed E-state index contributed by atoms with van der Waals surface area (Å²) in [7, 11) is 0. The fourth-order valence-corrected chi connectivity index (χ4v) is 5.77. The summed E-state index contributed by atoms with van der Waals surface area (Å²) in [6, 6.07) is -0.997. The summed E-state index contributed by atoms with van der Waals surface area (Å²) in [5, 5.41) is 29.3. The molecule has 0 spiro atoms. The van der Waals surface area contributed by atoms with Gasteiger partial charge >= 0.3 is 29.6 Å². The largest absolute Gasteiger partial charge is 1.00 e. The van der Waals surface area contributed by atoms with Crippen LogP contribution in [-0.4, -0.2) is 60.1 Å². The predicted octanol–water partition coefficient (Wildman–Crippen LogP) is -3.21. The van der Waals surface area contributed by atoms with Crippen molar-refractivity contribution in [3.8, 4) is 0 Å². The van der Waals surface area contributed by atoms with Gasteiger partial charge in [0.15, 0.2) is 10.8 Å². The molecule has 1 saturated heterocycles. The van der Waals surface area contributed by atoms with Crippen molar-refractivity contribution in [1.29, 1.82) is 0 Å². The summed E-state index contributed by atoms with van der Waals surface area (Å²) in [6.45, 7) is 1.84. The monoisotopic (exact) mass is 514 g/mol. The molecule has 15 heteroatoms. The first-order chi connectivity index (χ1) is 15.3. The fraction of sp³-hybridized carbons (Fsp3) is 0.222. The standard InChI is InChI=1S/C18H16N6O5S3.Na/c1-7-8(5-32-23-7)2-3-9-4-30-16-12(15(26)24(16)13(9)17(27)28)21-14(25)11(22-29)10-6-31-18(19)20-10;/h2-3,5-6,12,16,29H,4H2,1H3,(H2,19,20)(H,21,25)(H,27,28);/q;+1/p-1/b3-2+,22-11-;/t12-,16-;/m1./s1. The normalized spacial score (nSPS) is 20.3. The quantitative estimate of drug-likeness (QED) is 0.118. The van der Waals surface area contributed by atoms with Crippen LogP contribution in [0.3, 0.4) is 0 Å². The van der Waals surface area contributed by atoms with Crippen molar-refractivity contribution in [3.05, 3.63) is 45.1 Å². The molecule has 2 aromatic heterocycles. The van der Waals surface area contributed by atoms with Crippen molar-refractivity contribution in [1.82, 2.24) is 19.6 Å². The smallest absolute Gasteiger partial charge is 0.543 e.